The van der Waals surface area contributed by atoms with Gasteiger partial charge in [0.2, 0.25) is 0 Å². The lowest BCUT2D eigenvalue weighted by Crippen LogP contribution is -2.20. The third-order valence-electron chi connectivity index (χ3n) is 6.01. The summed E-state index contributed by atoms with van der Waals surface area (Å²) in [6.45, 7) is 0.0595. The molecule has 0 saturated carbocycles. The molecular formula is C29H18ClF3N4O4. The van der Waals surface area contributed by atoms with Crippen molar-refractivity contribution in [3.05, 3.63) is 133 Å². The minimum Gasteiger partial charge on any atom is -0.482 e. The summed E-state index contributed by atoms with van der Waals surface area (Å²) in [6.07, 6.45) is -3.43. The number of rotatable bonds is 7. The Morgan fingerprint density at radius 1 is 1.00 bits per heavy atom. The zero-order valence-corrected chi connectivity index (χ0v) is 21.6. The van der Waals surface area contributed by atoms with Crippen LogP contribution in [0.3, 0.4) is 0 Å². The summed E-state index contributed by atoms with van der Waals surface area (Å²) in [5.41, 5.74) is -0.615. The first-order valence-electron chi connectivity index (χ1n) is 12.0. The Kier molecular flexibility index (Phi) is 7.54. The van der Waals surface area contributed by atoms with E-state index < -0.39 is 22.2 Å². The number of hydrogen-bond donors (Lipinski definition) is 0. The lowest BCUT2D eigenvalue weighted by Gasteiger charge is -2.12. The summed E-state index contributed by atoms with van der Waals surface area (Å²) in [6, 6.07) is 21.6. The second-order valence-electron chi connectivity index (χ2n) is 8.79. The molecule has 1 aromatic heterocycles. The standard InChI is InChI=1S/C29H18ClF3N4O4/c30-22-11-8-18(9-12-22)17-41-26-13-10-19(14-25(26)37(39)40)16-34-36-27(20-4-3-5-21(15-20)29(31,32)33)35-24-7-2-1-6-23(24)28(36)38/h1-16H,17H2. The Bertz CT molecular complexity index is 1850. The molecule has 0 fully saturated rings. The van der Waals surface area contributed by atoms with E-state index in [9.17, 15) is 28.1 Å². The number of aromatic nitrogens is 2. The van der Waals surface area contributed by atoms with Crippen LogP contribution in [0.4, 0.5) is 18.9 Å². The molecule has 0 aliphatic carbocycles. The van der Waals surface area contributed by atoms with Crippen LogP contribution in [0, 0.1) is 10.1 Å². The molecule has 0 bridgehead atoms. The summed E-state index contributed by atoms with van der Waals surface area (Å²) < 4.78 is 46.7. The fourth-order valence-corrected chi connectivity index (χ4v) is 4.12. The van der Waals surface area contributed by atoms with Crippen LogP contribution in [0.15, 0.2) is 101 Å². The third kappa shape index (κ3) is 6.10. The number of ether oxygens (including phenoxy) is 1. The molecular weight excluding hydrogens is 561 g/mol. The normalized spacial score (nSPS) is 11.7. The maximum Gasteiger partial charge on any atom is 0.416 e. The molecule has 41 heavy (non-hydrogen) atoms. The number of nitrogens with zero attached hydrogens (tertiary/aromatic N) is 4. The summed E-state index contributed by atoms with van der Waals surface area (Å²) in [4.78, 5) is 28.9. The number of alkyl halides is 3. The lowest BCUT2D eigenvalue weighted by atomic mass is 10.1. The topological polar surface area (TPSA) is 99.6 Å². The van der Waals surface area contributed by atoms with Gasteiger partial charge in [0.1, 0.15) is 6.61 Å². The Morgan fingerprint density at radius 2 is 1.76 bits per heavy atom. The minimum absolute atomic E-state index is 0.0105. The van der Waals surface area contributed by atoms with Crippen LogP contribution in [-0.4, -0.2) is 20.8 Å². The zero-order chi connectivity index (χ0) is 29.1. The molecule has 0 amide bonds. The number of nitro benzene ring substituents is 1. The Labute approximate surface area is 235 Å². The Hall–Kier alpha value is -5.03. The molecule has 0 spiro atoms. The van der Waals surface area contributed by atoms with E-state index in [2.05, 4.69) is 10.1 Å². The second kappa shape index (κ2) is 11.2. The van der Waals surface area contributed by atoms with Crippen LogP contribution in [0.2, 0.25) is 5.02 Å². The zero-order valence-electron chi connectivity index (χ0n) is 20.9. The first kappa shape index (κ1) is 27.5. The largest absolute Gasteiger partial charge is 0.482 e. The van der Waals surface area contributed by atoms with E-state index in [-0.39, 0.29) is 45.9 Å². The van der Waals surface area contributed by atoms with Gasteiger partial charge in [-0.05, 0) is 54.1 Å². The Morgan fingerprint density at radius 3 is 2.49 bits per heavy atom. The van der Waals surface area contributed by atoms with Crippen molar-refractivity contribution in [3.8, 4) is 17.1 Å². The van der Waals surface area contributed by atoms with Crippen molar-refractivity contribution in [2.24, 2.45) is 5.10 Å². The number of benzene rings is 4. The highest BCUT2D eigenvalue weighted by atomic mass is 35.5. The Balaban J connectivity index is 1.54. The van der Waals surface area contributed by atoms with E-state index >= 15 is 0 Å². The van der Waals surface area contributed by atoms with Crippen molar-refractivity contribution < 1.29 is 22.8 Å². The molecule has 12 heteroatoms. The van der Waals surface area contributed by atoms with E-state index in [0.29, 0.717) is 5.02 Å². The number of nitro groups is 1. The SMILES string of the molecule is O=c1c2ccccc2nc(-c2cccc(C(F)(F)F)c2)n1N=Cc1ccc(OCc2ccc(Cl)cc2)c([N+](=O)[O-])c1. The maximum atomic E-state index is 13.4. The molecule has 5 rings (SSSR count). The summed E-state index contributed by atoms with van der Waals surface area (Å²) in [5, 5.41) is 16.7. The van der Waals surface area contributed by atoms with Crippen LogP contribution in [0.25, 0.3) is 22.3 Å². The highest BCUT2D eigenvalue weighted by Crippen LogP contribution is 2.32. The average Bonchev–Trinajstić information content (AvgIpc) is 2.96. The van der Waals surface area contributed by atoms with Crippen molar-refractivity contribution in [1.29, 1.82) is 0 Å². The quantitative estimate of drug-likeness (QED) is 0.116. The summed E-state index contributed by atoms with van der Waals surface area (Å²) in [5.74, 6) is -0.121. The second-order valence-corrected chi connectivity index (χ2v) is 9.23. The van der Waals surface area contributed by atoms with Gasteiger partial charge < -0.3 is 4.74 Å². The summed E-state index contributed by atoms with van der Waals surface area (Å²) in [7, 11) is 0. The third-order valence-corrected chi connectivity index (χ3v) is 6.26. The fraction of sp³-hybridized carbons (Fsp3) is 0.0690. The molecule has 0 saturated heterocycles. The highest BCUT2D eigenvalue weighted by molar-refractivity contribution is 6.30. The first-order valence-corrected chi connectivity index (χ1v) is 12.4. The van der Waals surface area contributed by atoms with Crippen LogP contribution in [-0.2, 0) is 12.8 Å². The molecule has 0 aliphatic rings. The van der Waals surface area contributed by atoms with Crippen molar-refractivity contribution in [3.63, 3.8) is 0 Å². The van der Waals surface area contributed by atoms with Gasteiger partial charge >= 0.3 is 11.9 Å². The number of halogens is 4. The van der Waals surface area contributed by atoms with Gasteiger partial charge in [-0.3, -0.25) is 14.9 Å². The molecule has 8 nitrogen and oxygen atoms in total. The van der Waals surface area contributed by atoms with Crippen molar-refractivity contribution in [1.82, 2.24) is 9.66 Å². The molecule has 0 N–H and O–H groups in total. The van der Waals surface area contributed by atoms with Crippen molar-refractivity contribution in [2.45, 2.75) is 12.8 Å². The summed E-state index contributed by atoms with van der Waals surface area (Å²) >= 11 is 5.88. The van der Waals surface area contributed by atoms with Gasteiger partial charge in [-0.25, -0.2) is 4.98 Å². The molecule has 0 radical (unpaired) electrons. The molecule has 0 unspecified atom stereocenters. The average molecular weight is 579 g/mol. The van der Waals surface area contributed by atoms with Gasteiger partial charge in [0.05, 0.1) is 27.6 Å². The molecule has 5 aromatic rings. The first-order chi connectivity index (χ1) is 19.6. The van der Waals surface area contributed by atoms with Crippen molar-refractivity contribution in [2.75, 3.05) is 0 Å². The molecule has 4 aromatic carbocycles. The molecule has 206 valence electrons. The van der Waals surface area contributed by atoms with Crippen molar-refractivity contribution >= 4 is 34.4 Å². The van der Waals surface area contributed by atoms with E-state index in [0.717, 1.165) is 22.4 Å². The predicted molar refractivity (Wildman–Crippen MR) is 148 cm³/mol. The number of para-hydroxylation sites is 1. The maximum absolute atomic E-state index is 13.4. The fourth-order valence-electron chi connectivity index (χ4n) is 4.00. The van der Waals surface area contributed by atoms with Gasteiger partial charge in [-0.1, -0.05) is 48.0 Å². The van der Waals surface area contributed by atoms with Gasteiger partial charge in [0.25, 0.3) is 5.56 Å². The van der Waals surface area contributed by atoms with E-state index in [4.69, 9.17) is 16.3 Å². The van der Waals surface area contributed by atoms with E-state index in [1.165, 1.54) is 42.6 Å². The van der Waals surface area contributed by atoms with Crippen LogP contribution in [0.1, 0.15) is 16.7 Å². The number of fused-ring (bicyclic) bond motifs is 1. The molecule has 0 atom stereocenters. The monoisotopic (exact) mass is 578 g/mol. The van der Waals surface area contributed by atoms with E-state index in [1.807, 2.05) is 0 Å². The highest BCUT2D eigenvalue weighted by Gasteiger charge is 2.31. The predicted octanol–water partition coefficient (Wildman–Crippen LogP) is 7.11. The smallest absolute Gasteiger partial charge is 0.416 e. The van der Waals surface area contributed by atoms with Crippen LogP contribution in [0.5, 0.6) is 5.75 Å². The number of hydrogen-bond acceptors (Lipinski definition) is 6. The minimum atomic E-state index is -4.61. The van der Waals surface area contributed by atoms with E-state index in [1.54, 1.807) is 42.5 Å². The molecule has 1 heterocycles. The van der Waals surface area contributed by atoms with Gasteiger partial charge in [0.15, 0.2) is 11.6 Å². The van der Waals surface area contributed by atoms with Gasteiger partial charge in [-0.15, -0.1) is 0 Å². The van der Waals surface area contributed by atoms with Crippen LogP contribution < -0.4 is 10.3 Å². The molecule has 0 aliphatic heterocycles. The van der Waals surface area contributed by atoms with Gasteiger partial charge in [0, 0.05) is 22.2 Å². The van der Waals surface area contributed by atoms with Gasteiger partial charge in [-0.2, -0.15) is 22.9 Å². The lowest BCUT2D eigenvalue weighted by molar-refractivity contribution is -0.385. The van der Waals surface area contributed by atoms with Crippen LogP contribution >= 0.6 is 11.6 Å².